The van der Waals surface area contributed by atoms with E-state index in [4.69, 9.17) is 4.42 Å². The van der Waals surface area contributed by atoms with E-state index in [1.54, 1.807) is 0 Å². The maximum atomic E-state index is 12.6. The average Bonchev–Trinajstić information content (AvgIpc) is 3.16. The first kappa shape index (κ1) is 21.5. The van der Waals surface area contributed by atoms with Crippen molar-refractivity contribution in [2.24, 2.45) is 0 Å². The number of rotatable bonds is 5. The molecule has 0 aliphatic rings. The normalized spacial score (nSPS) is 12.2. The van der Waals surface area contributed by atoms with Crippen LogP contribution in [-0.2, 0) is 16.0 Å². The predicted molar refractivity (Wildman–Crippen MR) is 101 cm³/mol. The molecule has 0 saturated heterocycles. The second-order valence-corrected chi connectivity index (χ2v) is 9.07. The number of carbonyl (C=O) groups excluding carboxylic acids is 1. The van der Waals surface area contributed by atoms with Crippen LogP contribution in [0.3, 0.4) is 0 Å². The zero-order chi connectivity index (χ0) is 22.1. The Morgan fingerprint density at radius 2 is 1.73 bits per heavy atom. The quantitative estimate of drug-likeness (QED) is 0.640. The Morgan fingerprint density at radius 1 is 1.07 bits per heavy atom. The molecule has 1 heterocycles. The van der Waals surface area contributed by atoms with Crippen molar-refractivity contribution in [1.82, 2.24) is 10.2 Å². The molecule has 0 atom stereocenters. The molecular formula is C19H16F3N3O4S. The van der Waals surface area contributed by atoms with Gasteiger partial charge in [-0.15, -0.1) is 5.10 Å². The Morgan fingerprint density at radius 3 is 2.33 bits per heavy atom. The van der Waals surface area contributed by atoms with E-state index in [1.165, 1.54) is 50.2 Å². The maximum absolute atomic E-state index is 12.6. The highest BCUT2D eigenvalue weighted by molar-refractivity contribution is 7.92. The maximum Gasteiger partial charge on any atom is 0.416 e. The zero-order valence-electron chi connectivity index (χ0n) is 15.8. The third kappa shape index (κ3) is 4.51. The number of hydrogen-bond donors (Lipinski definition) is 1. The van der Waals surface area contributed by atoms with Gasteiger partial charge in [0.05, 0.1) is 15.7 Å². The molecule has 0 aliphatic heterocycles. The summed E-state index contributed by atoms with van der Waals surface area (Å²) in [6.07, 6.45) is -4.47. The van der Waals surface area contributed by atoms with Gasteiger partial charge in [-0.3, -0.25) is 10.1 Å². The average molecular weight is 439 g/mol. The molecule has 1 aromatic heterocycles. The van der Waals surface area contributed by atoms with E-state index in [1.807, 2.05) is 0 Å². The summed E-state index contributed by atoms with van der Waals surface area (Å²) in [6.45, 7) is 3.06. The lowest BCUT2D eigenvalue weighted by atomic mass is 10.1. The molecule has 0 saturated carbocycles. The molecule has 0 unspecified atom stereocenters. The number of carbonyl (C=O) groups is 1. The van der Waals surface area contributed by atoms with Crippen LogP contribution in [0.2, 0.25) is 0 Å². The minimum atomic E-state index is -4.47. The number of hydrogen-bond acceptors (Lipinski definition) is 6. The number of amides is 1. The molecule has 1 N–H and O–H groups in total. The SMILES string of the molecule is CC(C)S(=O)(=O)c1cccc(C(=O)Nc2nnc(-c3ccc(C(F)(F)F)cc3)o2)c1. The van der Waals surface area contributed by atoms with Crippen LogP contribution in [0.25, 0.3) is 11.5 Å². The van der Waals surface area contributed by atoms with Crippen molar-refractivity contribution in [3.05, 3.63) is 59.7 Å². The van der Waals surface area contributed by atoms with E-state index < -0.39 is 32.7 Å². The molecule has 0 aliphatic carbocycles. The second-order valence-electron chi connectivity index (χ2n) is 6.56. The van der Waals surface area contributed by atoms with Gasteiger partial charge in [0.1, 0.15) is 0 Å². The van der Waals surface area contributed by atoms with Crippen LogP contribution in [0.5, 0.6) is 0 Å². The number of nitrogens with zero attached hydrogens (tertiary/aromatic N) is 2. The van der Waals surface area contributed by atoms with Crippen molar-refractivity contribution in [2.45, 2.75) is 30.2 Å². The first-order chi connectivity index (χ1) is 14.0. The highest BCUT2D eigenvalue weighted by atomic mass is 32.2. The third-order valence-electron chi connectivity index (χ3n) is 4.15. The Hall–Kier alpha value is -3.21. The Labute approximate surface area is 169 Å². The van der Waals surface area contributed by atoms with Gasteiger partial charge < -0.3 is 4.42 Å². The molecule has 0 bridgehead atoms. The van der Waals surface area contributed by atoms with Crippen LogP contribution < -0.4 is 5.32 Å². The van der Waals surface area contributed by atoms with Crippen LogP contribution in [-0.4, -0.2) is 29.8 Å². The molecule has 3 aromatic rings. The molecule has 158 valence electrons. The monoisotopic (exact) mass is 439 g/mol. The van der Waals surface area contributed by atoms with Gasteiger partial charge in [0.15, 0.2) is 9.84 Å². The molecular weight excluding hydrogens is 423 g/mol. The topological polar surface area (TPSA) is 102 Å². The fraction of sp³-hybridized carbons (Fsp3) is 0.211. The number of alkyl halides is 3. The van der Waals surface area contributed by atoms with Gasteiger partial charge in [0, 0.05) is 11.1 Å². The summed E-state index contributed by atoms with van der Waals surface area (Å²) < 4.78 is 67.7. The van der Waals surface area contributed by atoms with Crippen molar-refractivity contribution in [2.75, 3.05) is 5.32 Å². The van der Waals surface area contributed by atoms with Crippen molar-refractivity contribution in [1.29, 1.82) is 0 Å². The van der Waals surface area contributed by atoms with Crippen LogP contribution in [0, 0.1) is 0 Å². The number of nitrogens with one attached hydrogen (secondary N) is 1. The Kier molecular flexibility index (Phi) is 5.66. The highest BCUT2D eigenvalue weighted by Crippen LogP contribution is 2.31. The molecule has 2 aromatic carbocycles. The fourth-order valence-corrected chi connectivity index (χ4v) is 3.55. The lowest BCUT2D eigenvalue weighted by Crippen LogP contribution is -2.16. The van der Waals surface area contributed by atoms with Crippen molar-refractivity contribution in [3.8, 4) is 11.5 Å². The minimum Gasteiger partial charge on any atom is -0.403 e. The molecule has 30 heavy (non-hydrogen) atoms. The number of anilines is 1. The van der Waals surface area contributed by atoms with Gasteiger partial charge >= 0.3 is 12.2 Å². The second kappa shape index (κ2) is 7.90. The number of sulfone groups is 1. The van der Waals surface area contributed by atoms with Crippen molar-refractivity contribution >= 4 is 21.8 Å². The summed E-state index contributed by atoms with van der Waals surface area (Å²) in [5, 5.41) is 9.02. The number of aromatic nitrogens is 2. The summed E-state index contributed by atoms with van der Waals surface area (Å²) in [5.41, 5.74) is -0.525. The lowest BCUT2D eigenvalue weighted by Gasteiger charge is -2.09. The van der Waals surface area contributed by atoms with Crippen LogP contribution >= 0.6 is 0 Å². The molecule has 0 radical (unpaired) electrons. The van der Waals surface area contributed by atoms with Crippen molar-refractivity contribution < 1.29 is 30.8 Å². The third-order valence-corrected chi connectivity index (χ3v) is 6.30. The van der Waals surface area contributed by atoms with E-state index in [0.717, 1.165) is 12.1 Å². The first-order valence-electron chi connectivity index (χ1n) is 8.65. The molecule has 1 amide bonds. The van der Waals surface area contributed by atoms with E-state index in [2.05, 4.69) is 15.5 Å². The molecule has 0 spiro atoms. The number of halogens is 3. The molecule has 3 rings (SSSR count). The van der Waals surface area contributed by atoms with Gasteiger partial charge in [0.2, 0.25) is 5.89 Å². The Balaban J connectivity index is 1.77. The standard InChI is InChI=1S/C19H16F3N3O4S/c1-11(2)30(27,28)15-5-3-4-13(10-15)16(26)23-18-25-24-17(29-18)12-6-8-14(9-7-12)19(20,21)22/h3-11H,1-2H3,(H,23,25,26). The number of benzene rings is 2. The largest absolute Gasteiger partial charge is 0.416 e. The van der Waals surface area contributed by atoms with Gasteiger partial charge in [-0.05, 0) is 56.3 Å². The van der Waals surface area contributed by atoms with E-state index in [9.17, 15) is 26.4 Å². The smallest absolute Gasteiger partial charge is 0.403 e. The first-order valence-corrected chi connectivity index (χ1v) is 10.2. The van der Waals surface area contributed by atoms with Gasteiger partial charge in [-0.25, -0.2) is 8.42 Å². The van der Waals surface area contributed by atoms with E-state index in [0.29, 0.717) is 0 Å². The Bertz CT molecular complexity index is 1170. The minimum absolute atomic E-state index is 0.00104. The predicted octanol–water partition coefficient (Wildman–Crippen LogP) is 4.19. The summed E-state index contributed by atoms with van der Waals surface area (Å²) >= 11 is 0. The van der Waals surface area contributed by atoms with Gasteiger partial charge in [-0.2, -0.15) is 13.2 Å². The van der Waals surface area contributed by atoms with Crippen LogP contribution in [0.4, 0.5) is 19.2 Å². The molecule has 0 fully saturated rings. The summed E-state index contributed by atoms with van der Waals surface area (Å²) in [4.78, 5) is 12.4. The van der Waals surface area contributed by atoms with Crippen molar-refractivity contribution in [3.63, 3.8) is 0 Å². The summed E-state index contributed by atoms with van der Waals surface area (Å²) in [5.74, 6) is -0.770. The highest BCUT2D eigenvalue weighted by Gasteiger charge is 2.30. The van der Waals surface area contributed by atoms with E-state index in [-0.39, 0.29) is 27.9 Å². The molecule has 7 nitrogen and oxygen atoms in total. The lowest BCUT2D eigenvalue weighted by molar-refractivity contribution is -0.137. The van der Waals surface area contributed by atoms with E-state index >= 15 is 0 Å². The van der Waals surface area contributed by atoms with Crippen LogP contribution in [0.1, 0.15) is 29.8 Å². The van der Waals surface area contributed by atoms with Gasteiger partial charge in [0.25, 0.3) is 5.91 Å². The van der Waals surface area contributed by atoms with Crippen LogP contribution in [0.15, 0.2) is 57.8 Å². The molecule has 11 heteroatoms. The summed E-state index contributed by atoms with van der Waals surface area (Å²) in [6, 6.07) is 9.28. The van der Waals surface area contributed by atoms with Gasteiger partial charge in [-0.1, -0.05) is 11.2 Å². The summed E-state index contributed by atoms with van der Waals surface area (Å²) in [7, 11) is -3.56. The fourth-order valence-electron chi connectivity index (χ4n) is 2.45. The zero-order valence-corrected chi connectivity index (χ0v) is 16.6.